The largest absolute Gasteiger partial charge is 0.416 e. The van der Waals surface area contributed by atoms with E-state index >= 15 is 0 Å². The van der Waals surface area contributed by atoms with Crippen LogP contribution < -0.4 is 5.32 Å². The molecule has 1 saturated carbocycles. The van der Waals surface area contributed by atoms with Crippen LogP contribution in [0.3, 0.4) is 0 Å². The van der Waals surface area contributed by atoms with Crippen molar-refractivity contribution in [3.8, 4) is 11.3 Å². The second-order valence-corrected chi connectivity index (χ2v) is 7.79. The van der Waals surface area contributed by atoms with Crippen molar-refractivity contribution in [3.63, 3.8) is 0 Å². The number of aromatic nitrogens is 4. The van der Waals surface area contributed by atoms with E-state index in [9.17, 15) is 31.4 Å². The van der Waals surface area contributed by atoms with E-state index in [0.717, 1.165) is 18.9 Å². The molecule has 2 N–H and O–H groups in total. The average Bonchev–Trinajstić information content (AvgIpc) is 3.19. The summed E-state index contributed by atoms with van der Waals surface area (Å²) >= 11 is 0. The van der Waals surface area contributed by atoms with E-state index in [0.29, 0.717) is 25.0 Å². The molecule has 0 saturated heterocycles. The van der Waals surface area contributed by atoms with Crippen LogP contribution >= 0.6 is 0 Å². The van der Waals surface area contributed by atoms with Crippen molar-refractivity contribution in [1.82, 2.24) is 19.6 Å². The third kappa shape index (κ3) is 4.64. The number of alkyl halides is 6. The first-order valence-corrected chi connectivity index (χ1v) is 9.93. The van der Waals surface area contributed by atoms with Crippen LogP contribution in [0.25, 0.3) is 16.8 Å². The molecule has 3 aromatic rings. The maximum atomic E-state index is 13.1. The maximum Gasteiger partial charge on any atom is 0.416 e. The fourth-order valence-electron chi connectivity index (χ4n) is 3.93. The normalized spacial score (nSPS) is 20.0. The van der Waals surface area contributed by atoms with Crippen LogP contribution in [-0.4, -0.2) is 43.0 Å². The number of imidazole rings is 1. The summed E-state index contributed by atoms with van der Waals surface area (Å²) in [5, 5.41) is 21.3. The number of hydrogen-bond donors (Lipinski definition) is 2. The molecule has 1 aliphatic carbocycles. The molecule has 0 radical (unpaired) electrons. The SMILES string of the molecule is O[C@H]1CCCC[C@H]1Nc1nnc(-c2ccc(C(F)(F)F)cc2CC(F)(F)F)c2cncn12. The lowest BCUT2D eigenvalue weighted by Crippen LogP contribution is -2.37. The summed E-state index contributed by atoms with van der Waals surface area (Å²) in [6, 6.07) is 1.90. The predicted octanol–water partition coefficient (Wildman–Crippen LogP) is 4.63. The molecule has 2 heterocycles. The first-order valence-electron chi connectivity index (χ1n) is 9.93. The molecular weight excluding hydrogens is 440 g/mol. The van der Waals surface area contributed by atoms with E-state index in [-0.39, 0.29) is 28.8 Å². The molecule has 0 unspecified atom stereocenters. The zero-order valence-electron chi connectivity index (χ0n) is 16.6. The van der Waals surface area contributed by atoms with Crippen molar-refractivity contribution >= 4 is 11.5 Å². The van der Waals surface area contributed by atoms with Gasteiger partial charge in [-0.3, -0.25) is 4.40 Å². The van der Waals surface area contributed by atoms with Crippen LogP contribution in [0.2, 0.25) is 0 Å². The third-order valence-electron chi connectivity index (χ3n) is 5.48. The third-order valence-corrected chi connectivity index (χ3v) is 5.48. The topological polar surface area (TPSA) is 75.3 Å². The monoisotopic (exact) mass is 459 g/mol. The summed E-state index contributed by atoms with van der Waals surface area (Å²) in [5.74, 6) is 0.233. The van der Waals surface area contributed by atoms with Gasteiger partial charge in [-0.05, 0) is 30.5 Å². The Bertz CT molecular complexity index is 1110. The van der Waals surface area contributed by atoms with Gasteiger partial charge in [-0.1, -0.05) is 18.9 Å². The Balaban J connectivity index is 1.77. The van der Waals surface area contributed by atoms with Gasteiger partial charge in [-0.25, -0.2) is 4.98 Å². The molecular formula is C20H19F6N5O. The van der Waals surface area contributed by atoms with Crippen LogP contribution in [0.4, 0.5) is 32.3 Å². The number of anilines is 1. The van der Waals surface area contributed by atoms with Gasteiger partial charge >= 0.3 is 12.4 Å². The molecule has 2 atom stereocenters. The molecule has 6 nitrogen and oxygen atoms in total. The molecule has 12 heteroatoms. The summed E-state index contributed by atoms with van der Waals surface area (Å²) in [5.41, 5.74) is -1.60. The Kier molecular flexibility index (Phi) is 5.74. The number of halogens is 6. The Morgan fingerprint density at radius 1 is 1.06 bits per heavy atom. The first kappa shape index (κ1) is 22.3. The van der Waals surface area contributed by atoms with Gasteiger partial charge in [0.2, 0.25) is 5.95 Å². The average molecular weight is 459 g/mol. The number of rotatable bonds is 4. The lowest BCUT2D eigenvalue weighted by molar-refractivity contribution is -0.138. The van der Waals surface area contributed by atoms with Crippen molar-refractivity contribution in [2.75, 3.05) is 5.32 Å². The van der Waals surface area contributed by atoms with Gasteiger partial charge in [-0.2, -0.15) is 26.3 Å². The molecule has 1 aromatic carbocycles. The van der Waals surface area contributed by atoms with Gasteiger partial charge in [0.1, 0.15) is 12.0 Å². The molecule has 0 aliphatic heterocycles. The van der Waals surface area contributed by atoms with Gasteiger partial charge in [0.25, 0.3) is 0 Å². The zero-order chi connectivity index (χ0) is 23.1. The molecule has 0 amide bonds. The number of fused-ring (bicyclic) bond motifs is 1. The van der Waals surface area contributed by atoms with E-state index in [1.165, 1.54) is 16.9 Å². The number of aliphatic hydroxyl groups is 1. The van der Waals surface area contributed by atoms with E-state index in [2.05, 4.69) is 20.5 Å². The molecule has 1 fully saturated rings. The molecule has 0 spiro atoms. The van der Waals surface area contributed by atoms with E-state index in [1.54, 1.807) is 0 Å². The maximum absolute atomic E-state index is 13.1. The van der Waals surface area contributed by atoms with E-state index < -0.39 is 36.0 Å². The molecule has 4 rings (SSSR count). The minimum absolute atomic E-state index is 0.0229. The van der Waals surface area contributed by atoms with E-state index in [1.807, 2.05) is 0 Å². The number of nitrogens with one attached hydrogen (secondary N) is 1. The van der Waals surface area contributed by atoms with Crippen molar-refractivity contribution in [3.05, 3.63) is 41.9 Å². The number of nitrogens with zero attached hydrogens (tertiary/aromatic N) is 4. The van der Waals surface area contributed by atoms with Crippen LogP contribution in [-0.2, 0) is 12.6 Å². The highest BCUT2D eigenvalue weighted by Crippen LogP contribution is 2.36. The van der Waals surface area contributed by atoms with Crippen LogP contribution in [0.5, 0.6) is 0 Å². The molecule has 0 bridgehead atoms. The minimum atomic E-state index is -4.79. The van der Waals surface area contributed by atoms with Crippen LogP contribution in [0.1, 0.15) is 36.8 Å². The Labute approximate surface area is 178 Å². The fraction of sp³-hybridized carbons (Fsp3) is 0.450. The Hall–Kier alpha value is -2.89. The second kappa shape index (κ2) is 8.23. The number of aliphatic hydroxyl groups excluding tert-OH is 1. The summed E-state index contributed by atoms with van der Waals surface area (Å²) in [6.07, 6.45) is -5.77. The molecule has 2 aromatic heterocycles. The zero-order valence-corrected chi connectivity index (χ0v) is 16.6. The van der Waals surface area contributed by atoms with Crippen molar-refractivity contribution in [1.29, 1.82) is 0 Å². The van der Waals surface area contributed by atoms with Gasteiger partial charge in [0.05, 0.1) is 35.8 Å². The van der Waals surface area contributed by atoms with Crippen LogP contribution in [0, 0.1) is 0 Å². The summed E-state index contributed by atoms with van der Waals surface area (Å²) < 4.78 is 80.1. The quantitative estimate of drug-likeness (QED) is 0.557. The van der Waals surface area contributed by atoms with Gasteiger partial charge < -0.3 is 10.4 Å². The summed E-state index contributed by atoms with van der Waals surface area (Å²) in [7, 11) is 0. The smallest absolute Gasteiger partial charge is 0.391 e. The van der Waals surface area contributed by atoms with Gasteiger partial charge in [0, 0.05) is 5.56 Å². The minimum Gasteiger partial charge on any atom is -0.391 e. The molecule has 32 heavy (non-hydrogen) atoms. The highest BCUT2D eigenvalue weighted by molar-refractivity contribution is 5.79. The predicted molar refractivity (Wildman–Crippen MR) is 103 cm³/mol. The summed E-state index contributed by atoms with van der Waals surface area (Å²) in [4.78, 5) is 4.00. The van der Waals surface area contributed by atoms with Crippen molar-refractivity contribution in [2.45, 2.75) is 56.6 Å². The Morgan fingerprint density at radius 3 is 2.50 bits per heavy atom. The second-order valence-electron chi connectivity index (χ2n) is 7.79. The highest BCUT2D eigenvalue weighted by Gasteiger charge is 2.35. The van der Waals surface area contributed by atoms with Crippen molar-refractivity contribution in [2.24, 2.45) is 0 Å². The summed E-state index contributed by atoms with van der Waals surface area (Å²) in [6.45, 7) is 0. The van der Waals surface area contributed by atoms with Gasteiger partial charge in [-0.15, -0.1) is 10.2 Å². The fourth-order valence-corrected chi connectivity index (χ4v) is 3.93. The first-order chi connectivity index (χ1) is 15.0. The van der Waals surface area contributed by atoms with Crippen LogP contribution in [0.15, 0.2) is 30.7 Å². The number of benzene rings is 1. The lowest BCUT2D eigenvalue weighted by Gasteiger charge is -2.28. The van der Waals surface area contributed by atoms with Crippen molar-refractivity contribution < 1.29 is 31.4 Å². The Morgan fingerprint density at radius 2 is 1.81 bits per heavy atom. The molecule has 172 valence electrons. The van der Waals surface area contributed by atoms with E-state index in [4.69, 9.17) is 0 Å². The van der Waals surface area contributed by atoms with Gasteiger partial charge in [0.15, 0.2) is 0 Å². The number of hydrogen-bond acceptors (Lipinski definition) is 5. The highest BCUT2D eigenvalue weighted by atomic mass is 19.4. The molecule has 1 aliphatic rings. The standard InChI is InChI=1S/C20H19F6N5O/c21-19(22,23)8-11-7-12(20(24,25)26)5-6-13(11)17-15-9-27-10-31(15)18(30-29-17)28-14-3-1-2-4-16(14)32/h5-7,9-10,14,16,32H,1-4,8H2,(H,28,30)/t14-,16+/m1/s1. The lowest BCUT2D eigenvalue weighted by atomic mass is 9.93.